The lowest BCUT2D eigenvalue weighted by atomic mass is 10.2. The van der Waals surface area contributed by atoms with E-state index in [0.717, 1.165) is 4.90 Å². The molecular formula is C18H19ClF3N3O2S. The number of hydrogen-bond acceptors (Lipinski definition) is 4. The fourth-order valence-corrected chi connectivity index (χ4v) is 3.18. The smallest absolute Gasteiger partial charge is 0.352 e. The van der Waals surface area contributed by atoms with Gasteiger partial charge >= 0.3 is 6.18 Å². The van der Waals surface area contributed by atoms with Gasteiger partial charge in [-0.15, -0.1) is 11.3 Å². The minimum atomic E-state index is -4.24. The number of hydrogen-bond donors (Lipinski definition) is 2. The first kappa shape index (κ1) is 22.2. The highest BCUT2D eigenvalue weighted by atomic mass is 35.5. The van der Waals surface area contributed by atoms with Crippen molar-refractivity contribution in [1.29, 1.82) is 0 Å². The van der Waals surface area contributed by atoms with Gasteiger partial charge in [0.2, 0.25) is 0 Å². The Bertz CT molecular complexity index is 813. The van der Waals surface area contributed by atoms with Gasteiger partial charge in [0.25, 0.3) is 11.8 Å². The number of nitrogens with zero attached hydrogens (tertiary/aromatic N) is 1. The molecule has 0 saturated carbocycles. The first-order chi connectivity index (χ1) is 13.2. The van der Waals surface area contributed by atoms with Crippen LogP contribution in [0.4, 0.5) is 18.9 Å². The molecule has 0 atom stereocenters. The van der Waals surface area contributed by atoms with Crippen molar-refractivity contribution in [2.75, 3.05) is 32.0 Å². The second-order valence-electron chi connectivity index (χ2n) is 6.09. The molecule has 0 fully saturated rings. The minimum Gasteiger partial charge on any atom is -0.352 e. The Kier molecular flexibility index (Phi) is 7.85. The zero-order valence-electron chi connectivity index (χ0n) is 15.0. The number of nitrogens with one attached hydrogen (secondary N) is 2. The van der Waals surface area contributed by atoms with Crippen LogP contribution in [-0.4, -0.2) is 49.6 Å². The Morgan fingerprint density at radius 3 is 2.61 bits per heavy atom. The lowest BCUT2D eigenvalue weighted by Gasteiger charge is -2.18. The van der Waals surface area contributed by atoms with Gasteiger partial charge in [0, 0.05) is 12.1 Å². The van der Waals surface area contributed by atoms with Crippen LogP contribution in [0, 0.1) is 0 Å². The van der Waals surface area contributed by atoms with Crippen molar-refractivity contribution in [2.24, 2.45) is 0 Å². The topological polar surface area (TPSA) is 61.4 Å². The van der Waals surface area contributed by atoms with Gasteiger partial charge in [-0.3, -0.25) is 14.5 Å². The number of carbonyl (C=O) groups is 2. The summed E-state index contributed by atoms with van der Waals surface area (Å²) in [4.78, 5) is 26.0. The number of halogens is 4. The van der Waals surface area contributed by atoms with Crippen LogP contribution in [0.1, 0.15) is 26.5 Å². The van der Waals surface area contributed by atoms with E-state index in [9.17, 15) is 22.8 Å². The van der Waals surface area contributed by atoms with Crippen LogP contribution in [0.5, 0.6) is 0 Å². The molecule has 1 heterocycles. The molecule has 0 bridgehead atoms. The molecule has 0 aliphatic heterocycles. The van der Waals surface area contributed by atoms with Crippen molar-refractivity contribution in [2.45, 2.75) is 12.6 Å². The molecule has 10 heteroatoms. The standard InChI is InChI=1S/C18H19ClF3N3O2S/c1-25(11-18(20,21)22)8-3-7-23-16(26)12-5-6-13(19)14(10-12)24-17(27)15-4-2-9-28-15/h2,4-6,9-10H,3,7-8,11H2,1H3,(H,23,26)(H,24,27). The first-order valence-electron chi connectivity index (χ1n) is 8.33. The Balaban J connectivity index is 1.87. The van der Waals surface area contributed by atoms with Crippen molar-refractivity contribution in [3.05, 3.63) is 51.2 Å². The lowest BCUT2D eigenvalue weighted by molar-refractivity contribution is -0.143. The summed E-state index contributed by atoms with van der Waals surface area (Å²) < 4.78 is 36.8. The number of alkyl halides is 3. The van der Waals surface area contributed by atoms with Crippen molar-refractivity contribution in [3.63, 3.8) is 0 Å². The number of anilines is 1. The summed E-state index contributed by atoms with van der Waals surface area (Å²) in [5.41, 5.74) is 0.590. The molecule has 0 aliphatic carbocycles. The molecule has 0 aliphatic rings. The summed E-state index contributed by atoms with van der Waals surface area (Å²) in [7, 11) is 1.37. The maximum absolute atomic E-state index is 12.3. The average molecular weight is 434 g/mol. The normalized spacial score (nSPS) is 11.5. The van der Waals surface area contributed by atoms with Gasteiger partial charge in [-0.2, -0.15) is 13.2 Å². The maximum Gasteiger partial charge on any atom is 0.401 e. The van der Waals surface area contributed by atoms with Crippen molar-refractivity contribution in [1.82, 2.24) is 10.2 Å². The fraction of sp³-hybridized carbons (Fsp3) is 0.333. The fourth-order valence-electron chi connectivity index (χ4n) is 2.39. The average Bonchev–Trinajstić information content (AvgIpc) is 3.13. The Labute approximate surface area is 169 Å². The Morgan fingerprint density at radius 2 is 1.96 bits per heavy atom. The number of carbonyl (C=O) groups excluding carboxylic acids is 2. The molecule has 0 spiro atoms. The van der Waals surface area contributed by atoms with Gasteiger partial charge in [0.1, 0.15) is 0 Å². The molecule has 2 amide bonds. The van der Waals surface area contributed by atoms with Crippen molar-refractivity contribution >= 4 is 40.4 Å². The number of benzene rings is 1. The molecule has 2 aromatic rings. The number of thiophene rings is 1. The van der Waals surface area contributed by atoms with E-state index < -0.39 is 18.6 Å². The van der Waals surface area contributed by atoms with Crippen molar-refractivity contribution in [3.8, 4) is 0 Å². The quantitative estimate of drug-likeness (QED) is 0.611. The summed E-state index contributed by atoms with van der Waals surface area (Å²) in [6.45, 7) is -0.575. The van der Waals surface area contributed by atoms with E-state index in [2.05, 4.69) is 10.6 Å². The highest BCUT2D eigenvalue weighted by Gasteiger charge is 2.28. The SMILES string of the molecule is CN(CCCNC(=O)c1ccc(Cl)c(NC(=O)c2cccs2)c1)CC(F)(F)F. The predicted octanol–water partition coefficient (Wildman–Crippen LogP) is 4.27. The van der Waals surface area contributed by atoms with Crippen LogP contribution < -0.4 is 10.6 Å². The number of amides is 2. The highest BCUT2D eigenvalue weighted by molar-refractivity contribution is 7.12. The van der Waals surface area contributed by atoms with E-state index in [1.54, 1.807) is 17.5 Å². The minimum absolute atomic E-state index is 0.197. The lowest BCUT2D eigenvalue weighted by Crippen LogP contribution is -2.33. The van der Waals surface area contributed by atoms with Gasteiger partial charge in [-0.1, -0.05) is 17.7 Å². The van der Waals surface area contributed by atoms with Crippen LogP contribution in [0.3, 0.4) is 0 Å². The molecule has 5 nitrogen and oxygen atoms in total. The van der Waals surface area contributed by atoms with Crippen LogP contribution in [0.15, 0.2) is 35.7 Å². The first-order valence-corrected chi connectivity index (χ1v) is 9.59. The van der Waals surface area contributed by atoms with Crippen LogP contribution in [0.2, 0.25) is 5.02 Å². The van der Waals surface area contributed by atoms with E-state index in [1.165, 1.54) is 36.6 Å². The van der Waals surface area contributed by atoms with E-state index >= 15 is 0 Å². The van der Waals surface area contributed by atoms with Gasteiger partial charge in [0.05, 0.1) is 22.1 Å². The van der Waals surface area contributed by atoms with Gasteiger partial charge in [-0.05, 0) is 49.7 Å². The third kappa shape index (κ3) is 7.14. The summed E-state index contributed by atoms with van der Waals surface area (Å²) in [6.07, 6.45) is -3.88. The van der Waals surface area contributed by atoms with E-state index in [4.69, 9.17) is 11.6 Å². The largest absolute Gasteiger partial charge is 0.401 e. The van der Waals surface area contributed by atoms with Crippen LogP contribution in [-0.2, 0) is 0 Å². The number of rotatable bonds is 8. The van der Waals surface area contributed by atoms with Gasteiger partial charge in [-0.25, -0.2) is 0 Å². The summed E-state index contributed by atoms with van der Waals surface area (Å²) in [6, 6.07) is 7.88. The zero-order chi connectivity index (χ0) is 20.7. The highest BCUT2D eigenvalue weighted by Crippen LogP contribution is 2.24. The second kappa shape index (κ2) is 9.90. The summed E-state index contributed by atoms with van der Waals surface area (Å²) in [5, 5.41) is 7.36. The molecule has 0 radical (unpaired) electrons. The molecule has 0 saturated heterocycles. The maximum atomic E-state index is 12.3. The molecule has 1 aromatic heterocycles. The van der Waals surface area contributed by atoms with Gasteiger partial charge < -0.3 is 10.6 Å². The van der Waals surface area contributed by atoms with E-state index in [-0.39, 0.29) is 29.6 Å². The molecule has 2 N–H and O–H groups in total. The van der Waals surface area contributed by atoms with Gasteiger partial charge in [0.15, 0.2) is 0 Å². The third-order valence-electron chi connectivity index (χ3n) is 3.67. The predicted molar refractivity (Wildman–Crippen MR) is 104 cm³/mol. The summed E-state index contributed by atoms with van der Waals surface area (Å²) >= 11 is 7.36. The second-order valence-corrected chi connectivity index (χ2v) is 7.44. The molecule has 0 unspecified atom stereocenters. The van der Waals surface area contributed by atoms with Crippen molar-refractivity contribution < 1.29 is 22.8 Å². The third-order valence-corrected chi connectivity index (χ3v) is 4.87. The van der Waals surface area contributed by atoms with E-state index in [1.807, 2.05) is 0 Å². The van der Waals surface area contributed by atoms with Crippen LogP contribution >= 0.6 is 22.9 Å². The molecule has 2 rings (SSSR count). The zero-order valence-corrected chi connectivity index (χ0v) is 16.5. The molecular weight excluding hydrogens is 415 g/mol. The molecule has 1 aromatic carbocycles. The Hall–Kier alpha value is -2.10. The molecule has 152 valence electrons. The summed E-state index contributed by atoms with van der Waals surface area (Å²) in [5.74, 6) is -0.732. The van der Waals surface area contributed by atoms with Crippen LogP contribution in [0.25, 0.3) is 0 Å². The monoisotopic (exact) mass is 433 g/mol. The molecule has 28 heavy (non-hydrogen) atoms. The van der Waals surface area contributed by atoms with E-state index in [0.29, 0.717) is 17.0 Å². The Morgan fingerprint density at radius 1 is 1.21 bits per heavy atom.